The highest BCUT2D eigenvalue weighted by molar-refractivity contribution is 5.85. The van der Waals surface area contributed by atoms with Crippen LogP contribution >= 0.6 is 0 Å². The Bertz CT molecular complexity index is 518. The largest absolute Gasteiger partial charge is 0.494 e. The van der Waals surface area contributed by atoms with Gasteiger partial charge in [-0.15, -0.1) is 0 Å². The van der Waals surface area contributed by atoms with Gasteiger partial charge in [-0.25, -0.2) is 9.18 Å². The van der Waals surface area contributed by atoms with Crippen LogP contribution in [0, 0.1) is 11.7 Å². The predicted molar refractivity (Wildman–Crippen MR) is 75.7 cm³/mol. The van der Waals surface area contributed by atoms with Crippen LogP contribution in [-0.4, -0.2) is 30.1 Å². The Morgan fingerprint density at radius 2 is 2.10 bits per heavy atom. The van der Waals surface area contributed by atoms with Crippen molar-refractivity contribution in [3.63, 3.8) is 0 Å². The van der Waals surface area contributed by atoms with Gasteiger partial charge in [-0.3, -0.25) is 4.79 Å². The van der Waals surface area contributed by atoms with E-state index in [0.29, 0.717) is 12.0 Å². The Balaban J connectivity index is 2.72. The maximum absolute atomic E-state index is 13.5. The van der Waals surface area contributed by atoms with Crippen LogP contribution in [0.5, 0.6) is 5.75 Å². The molecule has 0 aliphatic rings. The molecule has 0 radical (unpaired) electrons. The van der Waals surface area contributed by atoms with Gasteiger partial charge in [0.2, 0.25) is 5.91 Å². The quantitative estimate of drug-likeness (QED) is 0.807. The minimum absolute atomic E-state index is 0.0822. The van der Waals surface area contributed by atoms with Crippen LogP contribution in [0.4, 0.5) is 4.39 Å². The molecule has 0 saturated carbocycles. The molecule has 21 heavy (non-hydrogen) atoms. The summed E-state index contributed by atoms with van der Waals surface area (Å²) in [5.41, 5.74) is 0.457. The molecule has 0 fully saturated rings. The molecule has 1 amide bonds. The number of hydrogen-bond acceptors (Lipinski definition) is 3. The van der Waals surface area contributed by atoms with Crippen LogP contribution in [0.25, 0.3) is 0 Å². The second kappa shape index (κ2) is 7.61. The monoisotopic (exact) mass is 297 g/mol. The van der Waals surface area contributed by atoms with E-state index in [1.54, 1.807) is 13.0 Å². The van der Waals surface area contributed by atoms with Crippen molar-refractivity contribution >= 4 is 11.9 Å². The van der Waals surface area contributed by atoms with Crippen molar-refractivity contribution in [3.8, 4) is 5.75 Å². The predicted octanol–water partition coefficient (Wildman–Crippen LogP) is 1.99. The number of methoxy groups -OCH3 is 1. The molecule has 5 nitrogen and oxygen atoms in total. The molecular formula is C15H20FNO4. The Hall–Kier alpha value is -2.11. The highest BCUT2D eigenvalue weighted by atomic mass is 19.1. The number of benzene rings is 1. The number of nitrogens with one attached hydrogen (secondary N) is 1. The van der Waals surface area contributed by atoms with Gasteiger partial charge in [0.05, 0.1) is 13.5 Å². The van der Waals surface area contributed by atoms with Crippen molar-refractivity contribution in [2.45, 2.75) is 32.7 Å². The van der Waals surface area contributed by atoms with E-state index in [-0.39, 0.29) is 18.1 Å². The van der Waals surface area contributed by atoms with Gasteiger partial charge in [-0.05, 0) is 23.6 Å². The second-order valence-corrected chi connectivity index (χ2v) is 4.91. The normalized spacial score (nSPS) is 13.3. The number of hydrogen-bond donors (Lipinski definition) is 2. The average molecular weight is 297 g/mol. The fourth-order valence-electron chi connectivity index (χ4n) is 1.91. The van der Waals surface area contributed by atoms with Crippen molar-refractivity contribution in [3.05, 3.63) is 29.6 Å². The van der Waals surface area contributed by atoms with Crippen molar-refractivity contribution in [1.29, 1.82) is 0 Å². The maximum Gasteiger partial charge on any atom is 0.326 e. The summed E-state index contributed by atoms with van der Waals surface area (Å²) in [6.45, 7) is 3.61. The van der Waals surface area contributed by atoms with E-state index in [1.807, 2.05) is 6.92 Å². The second-order valence-electron chi connectivity index (χ2n) is 4.91. The number of aliphatic carboxylic acids is 1. The molecule has 2 atom stereocenters. The molecule has 2 N–H and O–H groups in total. The number of rotatable bonds is 7. The molecule has 0 aliphatic heterocycles. The fourth-order valence-corrected chi connectivity index (χ4v) is 1.91. The molecule has 6 heteroatoms. The minimum Gasteiger partial charge on any atom is -0.494 e. The number of halogens is 1. The summed E-state index contributed by atoms with van der Waals surface area (Å²) in [4.78, 5) is 23.0. The number of carboxylic acid groups (broad SMARTS) is 1. The lowest BCUT2D eigenvalue weighted by Gasteiger charge is -2.20. The van der Waals surface area contributed by atoms with Crippen molar-refractivity contribution in [2.75, 3.05) is 7.11 Å². The van der Waals surface area contributed by atoms with Gasteiger partial charge in [0.15, 0.2) is 11.6 Å². The Labute approximate surface area is 123 Å². The van der Waals surface area contributed by atoms with E-state index in [1.165, 1.54) is 19.2 Å². The summed E-state index contributed by atoms with van der Waals surface area (Å²) >= 11 is 0. The Morgan fingerprint density at radius 3 is 2.57 bits per heavy atom. The molecule has 2 unspecified atom stereocenters. The lowest BCUT2D eigenvalue weighted by atomic mass is 9.99. The number of carbonyl (C=O) groups is 2. The van der Waals surface area contributed by atoms with E-state index in [0.717, 1.165) is 0 Å². The highest BCUT2D eigenvalue weighted by Crippen LogP contribution is 2.18. The minimum atomic E-state index is -1.07. The van der Waals surface area contributed by atoms with Crippen molar-refractivity contribution in [1.82, 2.24) is 5.32 Å². The summed E-state index contributed by atoms with van der Waals surface area (Å²) in [7, 11) is 1.36. The van der Waals surface area contributed by atoms with Gasteiger partial charge in [0, 0.05) is 0 Å². The first-order valence-corrected chi connectivity index (χ1v) is 6.73. The molecule has 0 aliphatic carbocycles. The van der Waals surface area contributed by atoms with E-state index in [4.69, 9.17) is 9.84 Å². The third-order valence-electron chi connectivity index (χ3n) is 3.38. The standard InChI is InChI=1S/C15H20FNO4/c1-4-9(2)14(15(19)20)17-13(18)8-10-5-6-12(21-3)11(16)7-10/h5-7,9,14H,4,8H2,1-3H3,(H,17,18)(H,19,20). The van der Waals surface area contributed by atoms with E-state index in [9.17, 15) is 14.0 Å². The molecule has 0 bridgehead atoms. The van der Waals surface area contributed by atoms with Gasteiger partial charge in [-0.1, -0.05) is 26.3 Å². The first-order valence-electron chi connectivity index (χ1n) is 6.73. The zero-order valence-electron chi connectivity index (χ0n) is 12.4. The SMILES string of the molecule is CCC(C)C(NC(=O)Cc1ccc(OC)c(F)c1)C(=O)O. The van der Waals surface area contributed by atoms with Gasteiger partial charge in [0.1, 0.15) is 6.04 Å². The van der Waals surface area contributed by atoms with Gasteiger partial charge in [0.25, 0.3) is 0 Å². The molecule has 0 aromatic heterocycles. The molecule has 1 aromatic carbocycles. The van der Waals surface area contributed by atoms with E-state index >= 15 is 0 Å². The van der Waals surface area contributed by atoms with E-state index < -0.39 is 23.7 Å². The highest BCUT2D eigenvalue weighted by Gasteiger charge is 2.25. The van der Waals surface area contributed by atoms with Crippen LogP contribution in [0.2, 0.25) is 0 Å². The topological polar surface area (TPSA) is 75.6 Å². The van der Waals surface area contributed by atoms with Gasteiger partial charge >= 0.3 is 5.97 Å². The lowest BCUT2D eigenvalue weighted by Crippen LogP contribution is -2.45. The van der Waals surface area contributed by atoms with Crippen molar-refractivity contribution < 1.29 is 23.8 Å². The van der Waals surface area contributed by atoms with Crippen LogP contribution in [-0.2, 0) is 16.0 Å². The van der Waals surface area contributed by atoms with Crippen LogP contribution in [0.3, 0.4) is 0 Å². The molecule has 1 rings (SSSR count). The summed E-state index contributed by atoms with van der Waals surface area (Å²) in [6, 6.07) is 3.27. The summed E-state index contributed by atoms with van der Waals surface area (Å²) in [5.74, 6) is -2.16. The number of ether oxygens (including phenoxy) is 1. The van der Waals surface area contributed by atoms with E-state index in [2.05, 4.69) is 5.32 Å². The number of amides is 1. The summed E-state index contributed by atoms with van der Waals surface area (Å²) in [6.07, 6.45) is 0.551. The molecule has 0 heterocycles. The third kappa shape index (κ3) is 4.73. The first kappa shape index (κ1) is 16.9. The molecule has 0 saturated heterocycles. The fraction of sp³-hybridized carbons (Fsp3) is 0.467. The zero-order valence-corrected chi connectivity index (χ0v) is 12.4. The molecular weight excluding hydrogens is 277 g/mol. The van der Waals surface area contributed by atoms with Crippen LogP contribution < -0.4 is 10.1 Å². The maximum atomic E-state index is 13.5. The Morgan fingerprint density at radius 1 is 1.43 bits per heavy atom. The van der Waals surface area contributed by atoms with Crippen molar-refractivity contribution in [2.24, 2.45) is 5.92 Å². The number of carboxylic acids is 1. The first-order chi connectivity index (χ1) is 9.88. The molecule has 116 valence electrons. The zero-order chi connectivity index (χ0) is 16.0. The Kier molecular flexibility index (Phi) is 6.14. The third-order valence-corrected chi connectivity index (χ3v) is 3.38. The number of carbonyl (C=O) groups excluding carboxylic acids is 1. The molecule has 1 aromatic rings. The van der Waals surface area contributed by atoms with Gasteiger partial charge < -0.3 is 15.2 Å². The average Bonchev–Trinajstić information content (AvgIpc) is 2.44. The summed E-state index contributed by atoms with van der Waals surface area (Å²) in [5, 5.41) is 11.6. The lowest BCUT2D eigenvalue weighted by molar-refractivity contribution is -0.143. The molecule has 0 spiro atoms. The summed E-state index contributed by atoms with van der Waals surface area (Å²) < 4.78 is 18.3. The smallest absolute Gasteiger partial charge is 0.326 e. The van der Waals surface area contributed by atoms with Crippen LogP contribution in [0.1, 0.15) is 25.8 Å². The van der Waals surface area contributed by atoms with Gasteiger partial charge in [-0.2, -0.15) is 0 Å². The van der Waals surface area contributed by atoms with Crippen LogP contribution in [0.15, 0.2) is 18.2 Å².